The van der Waals surface area contributed by atoms with E-state index in [0.29, 0.717) is 4.83 Å². The maximum atomic E-state index is 11.2. The first-order chi connectivity index (χ1) is 5.52. The maximum absolute atomic E-state index is 11.2. The summed E-state index contributed by atoms with van der Waals surface area (Å²) in [6.07, 6.45) is 3.05. The van der Waals surface area contributed by atoms with E-state index in [1.807, 2.05) is 13.8 Å². The Hall–Kier alpha value is -0.370. The fourth-order valence-electron chi connectivity index (χ4n) is 1.72. The van der Waals surface area contributed by atoms with Gasteiger partial charge in [0.25, 0.3) is 0 Å². The summed E-state index contributed by atoms with van der Waals surface area (Å²) in [6.45, 7) is 5.65. The molecule has 0 saturated carbocycles. The first-order valence-corrected chi connectivity index (χ1v) is 4.97. The minimum absolute atomic E-state index is 0.181. The summed E-state index contributed by atoms with van der Waals surface area (Å²) in [5, 5.41) is 0. The topological polar surface area (TPSA) is 17.1 Å². The van der Waals surface area contributed by atoms with E-state index in [9.17, 15) is 4.79 Å². The van der Waals surface area contributed by atoms with Gasteiger partial charge in [-0.1, -0.05) is 27.6 Å². The molecule has 0 aromatic carbocycles. The van der Waals surface area contributed by atoms with Gasteiger partial charge in [-0.25, -0.2) is 0 Å². The summed E-state index contributed by atoms with van der Waals surface area (Å²) in [7, 11) is 0. The van der Waals surface area contributed by atoms with Crippen LogP contribution in [0.5, 0.6) is 0 Å². The van der Waals surface area contributed by atoms with Gasteiger partial charge in [-0.05, 0) is 32.8 Å². The highest BCUT2D eigenvalue weighted by Crippen LogP contribution is 2.28. The minimum atomic E-state index is 0.181. The van der Waals surface area contributed by atoms with Crippen molar-refractivity contribution in [3.63, 3.8) is 0 Å². The van der Waals surface area contributed by atoms with Gasteiger partial charge in [0.1, 0.15) is 0 Å². The molecule has 1 unspecified atom stereocenters. The summed E-state index contributed by atoms with van der Waals surface area (Å²) >= 11 is 3.52. The Kier molecular flexibility index (Phi) is 2.89. The molecule has 0 aliphatic heterocycles. The fourth-order valence-corrected chi connectivity index (χ4v) is 2.60. The molecule has 0 aromatic rings. The normalized spacial score (nSPS) is 24.0. The van der Waals surface area contributed by atoms with E-state index in [1.54, 1.807) is 6.92 Å². The van der Waals surface area contributed by atoms with Gasteiger partial charge in [0.15, 0.2) is 5.78 Å². The number of allylic oxidation sites excluding steroid dienone is 4. The third kappa shape index (κ3) is 1.86. The van der Waals surface area contributed by atoms with E-state index in [-0.39, 0.29) is 5.78 Å². The summed E-state index contributed by atoms with van der Waals surface area (Å²) in [4.78, 5) is 11.6. The minimum Gasteiger partial charge on any atom is -0.295 e. The van der Waals surface area contributed by atoms with Crippen LogP contribution in [0.25, 0.3) is 0 Å². The van der Waals surface area contributed by atoms with Crippen LogP contribution < -0.4 is 0 Å². The van der Waals surface area contributed by atoms with Crippen LogP contribution in [0.15, 0.2) is 22.8 Å². The molecule has 66 valence electrons. The van der Waals surface area contributed by atoms with Gasteiger partial charge in [-0.2, -0.15) is 0 Å². The van der Waals surface area contributed by atoms with Crippen LogP contribution in [0.3, 0.4) is 0 Å². The van der Waals surface area contributed by atoms with Crippen molar-refractivity contribution in [3.05, 3.63) is 22.8 Å². The lowest BCUT2D eigenvalue weighted by atomic mass is 9.90. The molecule has 1 nitrogen and oxygen atoms in total. The predicted molar refractivity (Wildman–Crippen MR) is 54.5 cm³/mol. The lowest BCUT2D eigenvalue weighted by Crippen LogP contribution is -2.10. The molecule has 12 heavy (non-hydrogen) atoms. The Labute approximate surface area is 81.7 Å². The van der Waals surface area contributed by atoms with Crippen LogP contribution >= 0.6 is 15.9 Å². The zero-order valence-corrected chi connectivity index (χ0v) is 9.23. The molecular formula is C10H13BrO. The van der Waals surface area contributed by atoms with Gasteiger partial charge in [0.2, 0.25) is 0 Å². The number of ketones is 1. The van der Waals surface area contributed by atoms with Crippen molar-refractivity contribution in [2.75, 3.05) is 0 Å². The van der Waals surface area contributed by atoms with Crippen LogP contribution in [0.4, 0.5) is 0 Å². The molecule has 1 atom stereocenters. The van der Waals surface area contributed by atoms with E-state index < -0.39 is 0 Å². The van der Waals surface area contributed by atoms with Crippen molar-refractivity contribution in [3.8, 4) is 0 Å². The van der Waals surface area contributed by atoms with Crippen LogP contribution in [0, 0.1) is 0 Å². The monoisotopic (exact) mass is 228 g/mol. The molecule has 1 aliphatic carbocycles. The Morgan fingerprint density at radius 2 is 2.17 bits per heavy atom. The van der Waals surface area contributed by atoms with Gasteiger partial charge in [-0.15, -0.1) is 0 Å². The lowest BCUT2D eigenvalue weighted by Gasteiger charge is -2.18. The van der Waals surface area contributed by atoms with E-state index in [1.165, 1.54) is 5.57 Å². The van der Waals surface area contributed by atoms with E-state index in [2.05, 4.69) is 22.0 Å². The molecule has 0 heterocycles. The molecule has 0 fully saturated rings. The van der Waals surface area contributed by atoms with Crippen LogP contribution in [-0.4, -0.2) is 10.6 Å². The Morgan fingerprint density at radius 3 is 2.58 bits per heavy atom. The number of rotatable bonds is 1. The lowest BCUT2D eigenvalue weighted by molar-refractivity contribution is -0.113. The van der Waals surface area contributed by atoms with Crippen LogP contribution in [0.1, 0.15) is 27.2 Å². The zero-order chi connectivity index (χ0) is 9.30. The quantitative estimate of drug-likeness (QED) is 0.631. The van der Waals surface area contributed by atoms with Crippen molar-refractivity contribution in [1.82, 2.24) is 0 Å². The van der Waals surface area contributed by atoms with Crippen LogP contribution in [-0.2, 0) is 4.79 Å². The highest BCUT2D eigenvalue weighted by atomic mass is 79.9. The van der Waals surface area contributed by atoms with Crippen molar-refractivity contribution in [2.24, 2.45) is 0 Å². The molecule has 0 spiro atoms. The molecule has 0 aromatic heterocycles. The molecule has 0 amide bonds. The molecular weight excluding hydrogens is 216 g/mol. The molecule has 0 radical (unpaired) electrons. The second-order valence-corrected chi connectivity index (χ2v) is 4.46. The number of hydrogen-bond acceptors (Lipinski definition) is 1. The third-order valence-electron chi connectivity index (χ3n) is 2.11. The molecule has 0 N–H and O–H groups in total. The first-order valence-electron chi connectivity index (χ1n) is 4.06. The number of halogens is 1. The van der Waals surface area contributed by atoms with E-state index >= 15 is 0 Å². The SMILES string of the molecule is CC(=O)C1=C(C)CC(Br)C=C1C. The standard InChI is InChI=1S/C10H13BrO/c1-6-4-9(11)5-7(2)10(6)8(3)12/h4,9H,5H2,1-3H3. The van der Waals surface area contributed by atoms with E-state index in [4.69, 9.17) is 0 Å². The van der Waals surface area contributed by atoms with Gasteiger partial charge >= 0.3 is 0 Å². The maximum Gasteiger partial charge on any atom is 0.159 e. The summed E-state index contributed by atoms with van der Waals surface area (Å²) in [5.74, 6) is 0.181. The Balaban J connectivity index is 3.05. The smallest absolute Gasteiger partial charge is 0.159 e. The number of hydrogen-bond donors (Lipinski definition) is 0. The molecule has 2 heteroatoms. The van der Waals surface area contributed by atoms with Crippen molar-refractivity contribution >= 4 is 21.7 Å². The van der Waals surface area contributed by atoms with Gasteiger partial charge < -0.3 is 0 Å². The highest BCUT2D eigenvalue weighted by Gasteiger charge is 2.17. The number of alkyl halides is 1. The number of carbonyl (C=O) groups is 1. The van der Waals surface area contributed by atoms with Gasteiger partial charge in [0.05, 0.1) is 0 Å². The molecule has 0 saturated heterocycles. The zero-order valence-electron chi connectivity index (χ0n) is 7.65. The second kappa shape index (κ2) is 3.56. The average molecular weight is 229 g/mol. The fraction of sp³-hybridized carbons (Fsp3) is 0.500. The van der Waals surface area contributed by atoms with Gasteiger partial charge in [-0.3, -0.25) is 4.79 Å². The second-order valence-electron chi connectivity index (χ2n) is 3.28. The van der Waals surface area contributed by atoms with E-state index in [0.717, 1.165) is 17.6 Å². The van der Waals surface area contributed by atoms with Crippen molar-refractivity contribution in [2.45, 2.75) is 32.0 Å². The summed E-state index contributed by atoms with van der Waals surface area (Å²) in [6, 6.07) is 0. The van der Waals surface area contributed by atoms with Crippen molar-refractivity contribution in [1.29, 1.82) is 0 Å². The van der Waals surface area contributed by atoms with Crippen molar-refractivity contribution < 1.29 is 4.79 Å². The summed E-state index contributed by atoms with van der Waals surface area (Å²) < 4.78 is 0. The summed E-state index contributed by atoms with van der Waals surface area (Å²) in [5.41, 5.74) is 3.23. The molecule has 0 bridgehead atoms. The molecule has 1 rings (SSSR count). The number of Topliss-reactive ketones (excluding diaryl/α,β-unsaturated/α-hetero) is 1. The largest absolute Gasteiger partial charge is 0.295 e. The molecule has 1 aliphatic rings. The number of carbonyl (C=O) groups excluding carboxylic acids is 1. The predicted octanol–water partition coefficient (Wildman–Crippen LogP) is 3.01. The third-order valence-corrected chi connectivity index (χ3v) is 2.69. The van der Waals surface area contributed by atoms with Gasteiger partial charge in [0, 0.05) is 10.4 Å². The first kappa shape index (κ1) is 9.72. The Bertz CT molecular complexity index is 274. The Morgan fingerprint density at radius 1 is 1.58 bits per heavy atom. The van der Waals surface area contributed by atoms with Crippen LogP contribution in [0.2, 0.25) is 0 Å². The average Bonchev–Trinajstić information content (AvgIpc) is 1.82. The highest BCUT2D eigenvalue weighted by molar-refractivity contribution is 9.09.